The van der Waals surface area contributed by atoms with Gasteiger partial charge in [0, 0.05) is 24.7 Å². The van der Waals surface area contributed by atoms with Crippen LogP contribution in [-0.2, 0) is 4.79 Å². The molecule has 2 saturated heterocycles. The van der Waals surface area contributed by atoms with Crippen LogP contribution in [0.3, 0.4) is 0 Å². The molecule has 2 aromatic carbocycles. The smallest absolute Gasteiger partial charge is 0.305 e. The molecular weight excluding hydrogens is 312 g/mol. The number of hydrogen-bond acceptors (Lipinski definition) is 3. The summed E-state index contributed by atoms with van der Waals surface area (Å²) in [4.78, 5) is 13.9. The van der Waals surface area contributed by atoms with Gasteiger partial charge in [-0.1, -0.05) is 60.7 Å². The van der Waals surface area contributed by atoms with Gasteiger partial charge in [0.05, 0.1) is 12.5 Å². The number of carbonyl (C=O) groups is 1. The van der Waals surface area contributed by atoms with Crippen LogP contribution >= 0.6 is 0 Å². The molecule has 0 aromatic heterocycles. The summed E-state index contributed by atoms with van der Waals surface area (Å²) in [6.45, 7) is 1.72. The van der Waals surface area contributed by atoms with Crippen molar-refractivity contribution >= 4 is 5.97 Å². The first-order valence-electron chi connectivity index (χ1n) is 8.99. The Morgan fingerprint density at radius 2 is 1.72 bits per heavy atom. The SMILES string of the molecule is O=C(O)CC12CCC(CN(C(c3ccccc3)c3ccccc3)C1)N2. The lowest BCUT2D eigenvalue weighted by Gasteiger charge is -2.44. The normalized spacial score (nSPS) is 26.0. The fourth-order valence-corrected chi connectivity index (χ4v) is 4.59. The molecule has 25 heavy (non-hydrogen) atoms. The largest absolute Gasteiger partial charge is 0.481 e. The topological polar surface area (TPSA) is 52.6 Å². The summed E-state index contributed by atoms with van der Waals surface area (Å²) < 4.78 is 0. The molecule has 2 unspecified atom stereocenters. The zero-order chi connectivity index (χ0) is 17.3. The maximum Gasteiger partial charge on any atom is 0.305 e. The first kappa shape index (κ1) is 16.3. The lowest BCUT2D eigenvalue weighted by atomic mass is 9.89. The summed E-state index contributed by atoms with van der Waals surface area (Å²) in [5.41, 5.74) is 2.23. The van der Waals surface area contributed by atoms with E-state index in [-0.39, 0.29) is 18.0 Å². The Balaban J connectivity index is 1.69. The second kappa shape index (κ2) is 6.62. The molecular formula is C21H24N2O2. The summed E-state index contributed by atoms with van der Waals surface area (Å²) in [6, 6.07) is 21.6. The standard InChI is InChI=1S/C21H24N2O2/c24-19(25)13-21-12-11-18(22-21)14-23(15-21)20(16-7-3-1-4-8-16)17-9-5-2-6-10-17/h1-10,18,20,22H,11-15H2,(H,24,25). The second-order valence-corrected chi connectivity index (χ2v) is 7.38. The zero-order valence-electron chi connectivity index (χ0n) is 14.3. The molecule has 4 heteroatoms. The summed E-state index contributed by atoms with van der Waals surface area (Å²) in [7, 11) is 0. The average Bonchev–Trinajstić information content (AvgIpc) is 2.90. The van der Waals surface area contributed by atoms with Crippen molar-refractivity contribution in [2.75, 3.05) is 13.1 Å². The van der Waals surface area contributed by atoms with Crippen molar-refractivity contribution in [2.45, 2.75) is 36.9 Å². The third-order valence-electron chi connectivity index (χ3n) is 5.53. The summed E-state index contributed by atoms with van der Waals surface area (Å²) >= 11 is 0. The second-order valence-electron chi connectivity index (χ2n) is 7.38. The first-order valence-corrected chi connectivity index (χ1v) is 8.99. The van der Waals surface area contributed by atoms with Gasteiger partial charge < -0.3 is 10.4 Å². The van der Waals surface area contributed by atoms with Crippen molar-refractivity contribution < 1.29 is 9.90 Å². The Kier molecular flexibility index (Phi) is 4.32. The van der Waals surface area contributed by atoms with Crippen molar-refractivity contribution in [3.8, 4) is 0 Å². The number of carboxylic acid groups (broad SMARTS) is 1. The van der Waals surface area contributed by atoms with Crippen molar-refractivity contribution in [3.05, 3.63) is 71.8 Å². The van der Waals surface area contributed by atoms with E-state index in [1.165, 1.54) is 11.1 Å². The Hall–Kier alpha value is -2.17. The van der Waals surface area contributed by atoms with E-state index in [2.05, 4.69) is 58.7 Å². The van der Waals surface area contributed by atoms with Crippen LogP contribution in [-0.4, -0.2) is 40.6 Å². The number of nitrogens with one attached hydrogen (secondary N) is 1. The van der Waals surface area contributed by atoms with Gasteiger partial charge in [-0.2, -0.15) is 0 Å². The van der Waals surface area contributed by atoms with Gasteiger partial charge in [-0.15, -0.1) is 0 Å². The fourth-order valence-electron chi connectivity index (χ4n) is 4.59. The van der Waals surface area contributed by atoms with Crippen LogP contribution in [0.15, 0.2) is 60.7 Å². The molecule has 0 amide bonds. The van der Waals surface area contributed by atoms with Crippen LogP contribution in [0.4, 0.5) is 0 Å². The van der Waals surface area contributed by atoms with Gasteiger partial charge in [0.15, 0.2) is 0 Å². The van der Waals surface area contributed by atoms with E-state index in [1.807, 2.05) is 12.1 Å². The van der Waals surface area contributed by atoms with E-state index in [0.717, 1.165) is 25.9 Å². The highest BCUT2D eigenvalue weighted by molar-refractivity contribution is 5.68. The van der Waals surface area contributed by atoms with Gasteiger partial charge >= 0.3 is 5.97 Å². The van der Waals surface area contributed by atoms with Gasteiger partial charge in [0.1, 0.15) is 0 Å². The number of carboxylic acids is 1. The highest BCUT2D eigenvalue weighted by Crippen LogP contribution is 2.38. The molecule has 4 nitrogen and oxygen atoms in total. The highest BCUT2D eigenvalue weighted by atomic mass is 16.4. The minimum absolute atomic E-state index is 0.165. The molecule has 4 rings (SSSR count). The summed E-state index contributed by atoms with van der Waals surface area (Å²) in [6.07, 6.45) is 2.19. The van der Waals surface area contributed by atoms with Crippen LogP contribution in [0, 0.1) is 0 Å². The molecule has 2 heterocycles. The molecule has 0 radical (unpaired) electrons. The zero-order valence-corrected chi connectivity index (χ0v) is 14.3. The van der Waals surface area contributed by atoms with Gasteiger partial charge in [0.25, 0.3) is 0 Å². The molecule has 2 aromatic rings. The van der Waals surface area contributed by atoms with Crippen LogP contribution in [0.2, 0.25) is 0 Å². The third kappa shape index (κ3) is 3.32. The number of benzene rings is 2. The lowest BCUT2D eigenvalue weighted by molar-refractivity contribution is -0.139. The van der Waals surface area contributed by atoms with E-state index < -0.39 is 5.97 Å². The van der Waals surface area contributed by atoms with E-state index in [4.69, 9.17) is 0 Å². The van der Waals surface area contributed by atoms with Gasteiger partial charge in [-0.25, -0.2) is 0 Å². The molecule has 2 aliphatic rings. The van der Waals surface area contributed by atoms with E-state index in [0.29, 0.717) is 6.04 Å². The molecule has 2 atom stereocenters. The Morgan fingerprint density at radius 1 is 1.12 bits per heavy atom. The maximum atomic E-state index is 11.4. The molecule has 2 N–H and O–H groups in total. The van der Waals surface area contributed by atoms with E-state index in [1.54, 1.807) is 0 Å². The van der Waals surface area contributed by atoms with Crippen LogP contribution in [0.5, 0.6) is 0 Å². The van der Waals surface area contributed by atoms with Crippen LogP contribution in [0.1, 0.15) is 36.4 Å². The first-order chi connectivity index (χ1) is 12.2. The number of hydrogen-bond donors (Lipinski definition) is 2. The predicted molar refractivity (Wildman–Crippen MR) is 97.4 cm³/mol. The molecule has 0 spiro atoms. The fraction of sp³-hybridized carbons (Fsp3) is 0.381. The number of piperazine rings is 1. The molecule has 2 bridgehead atoms. The number of fused-ring (bicyclic) bond motifs is 2. The van der Waals surface area contributed by atoms with Gasteiger partial charge in [0.2, 0.25) is 0 Å². The minimum atomic E-state index is -0.717. The van der Waals surface area contributed by atoms with Crippen LogP contribution < -0.4 is 5.32 Å². The number of aliphatic carboxylic acids is 1. The molecule has 0 aliphatic carbocycles. The summed E-state index contributed by atoms with van der Waals surface area (Å²) in [5.74, 6) is -0.717. The number of likely N-dealkylation sites (tertiary alicyclic amines) is 1. The van der Waals surface area contributed by atoms with E-state index in [9.17, 15) is 9.90 Å². The molecule has 130 valence electrons. The van der Waals surface area contributed by atoms with Crippen molar-refractivity contribution in [1.82, 2.24) is 10.2 Å². The monoisotopic (exact) mass is 336 g/mol. The minimum Gasteiger partial charge on any atom is -0.481 e. The quantitative estimate of drug-likeness (QED) is 0.881. The Bertz CT molecular complexity index is 695. The average molecular weight is 336 g/mol. The lowest BCUT2D eigenvalue weighted by Crippen LogP contribution is -2.60. The Morgan fingerprint density at radius 3 is 2.28 bits per heavy atom. The Labute approximate surface area is 148 Å². The predicted octanol–water partition coefficient (Wildman–Crippen LogP) is 3.06. The molecule has 0 saturated carbocycles. The van der Waals surface area contributed by atoms with Crippen molar-refractivity contribution in [1.29, 1.82) is 0 Å². The number of rotatable bonds is 5. The van der Waals surface area contributed by atoms with Crippen molar-refractivity contribution in [2.24, 2.45) is 0 Å². The van der Waals surface area contributed by atoms with Gasteiger partial charge in [-0.3, -0.25) is 9.69 Å². The van der Waals surface area contributed by atoms with Gasteiger partial charge in [-0.05, 0) is 24.0 Å². The third-order valence-corrected chi connectivity index (χ3v) is 5.53. The summed E-state index contributed by atoms with van der Waals surface area (Å²) in [5, 5.41) is 13.0. The molecule has 2 fully saturated rings. The molecule has 2 aliphatic heterocycles. The number of nitrogens with zero attached hydrogens (tertiary/aromatic N) is 1. The van der Waals surface area contributed by atoms with E-state index >= 15 is 0 Å². The van der Waals surface area contributed by atoms with Crippen molar-refractivity contribution in [3.63, 3.8) is 0 Å². The van der Waals surface area contributed by atoms with Crippen LogP contribution in [0.25, 0.3) is 0 Å². The highest BCUT2D eigenvalue weighted by Gasteiger charge is 2.47. The maximum absolute atomic E-state index is 11.4.